The molecular formula is C25H20N6O2. The molecule has 2 heterocycles. The van der Waals surface area contributed by atoms with Crippen molar-refractivity contribution in [2.24, 2.45) is 0 Å². The van der Waals surface area contributed by atoms with Gasteiger partial charge in [-0.3, -0.25) is 9.89 Å². The van der Waals surface area contributed by atoms with Gasteiger partial charge < -0.3 is 9.73 Å². The Morgan fingerprint density at radius 3 is 2.21 bits per heavy atom. The lowest BCUT2D eigenvalue weighted by Gasteiger charge is -2.06. The number of aromatic nitrogens is 5. The Balaban J connectivity index is 1.27. The number of anilines is 1. The zero-order valence-electron chi connectivity index (χ0n) is 18.0. The van der Waals surface area contributed by atoms with Crippen molar-refractivity contribution in [1.29, 1.82) is 0 Å². The number of carbonyl (C=O) groups excluding carboxylic acids is 1. The van der Waals surface area contributed by atoms with Gasteiger partial charge in [0.25, 0.3) is 5.91 Å². The lowest BCUT2D eigenvalue weighted by molar-refractivity contribution is 0.102. The third kappa shape index (κ3) is 4.40. The van der Waals surface area contributed by atoms with E-state index in [9.17, 15) is 4.79 Å². The smallest absolute Gasteiger partial charge is 0.255 e. The molecule has 0 aliphatic heterocycles. The molecule has 0 saturated carbocycles. The third-order valence-electron chi connectivity index (χ3n) is 5.08. The highest BCUT2D eigenvalue weighted by Crippen LogP contribution is 2.25. The van der Waals surface area contributed by atoms with Crippen molar-refractivity contribution >= 4 is 11.6 Å². The van der Waals surface area contributed by atoms with Crippen LogP contribution in [-0.4, -0.2) is 31.3 Å². The highest BCUT2D eigenvalue weighted by molar-refractivity contribution is 6.04. The van der Waals surface area contributed by atoms with Gasteiger partial charge in [-0.1, -0.05) is 17.7 Å². The van der Waals surface area contributed by atoms with Crippen LogP contribution in [0, 0.1) is 13.8 Å². The molecule has 0 unspecified atom stereocenters. The topological polar surface area (TPSA) is 110 Å². The number of nitrogens with zero attached hydrogens (tertiary/aromatic N) is 4. The Bertz CT molecular complexity index is 1420. The van der Waals surface area contributed by atoms with Crippen LogP contribution in [0.15, 0.2) is 77.2 Å². The molecule has 0 atom stereocenters. The number of carbonyl (C=O) groups is 1. The zero-order valence-corrected chi connectivity index (χ0v) is 18.0. The standard InChI is InChI=1S/C25H20N6O2/c1-15-4-3-5-20(14-15)25-31-30-24(33-25)19-8-6-18(7-9-19)23(32)27-21-12-10-17(11-13-21)22-26-16(2)28-29-22/h3-14H,1-2H3,(H,27,32)(H,26,28,29). The summed E-state index contributed by atoms with van der Waals surface area (Å²) >= 11 is 0. The molecule has 0 bridgehead atoms. The van der Waals surface area contributed by atoms with Gasteiger partial charge in [-0.25, -0.2) is 4.98 Å². The Labute approximate surface area is 189 Å². The van der Waals surface area contributed by atoms with Crippen LogP contribution in [0.2, 0.25) is 0 Å². The summed E-state index contributed by atoms with van der Waals surface area (Å²) < 4.78 is 5.82. The molecule has 8 nitrogen and oxygen atoms in total. The van der Waals surface area contributed by atoms with Crippen molar-refractivity contribution < 1.29 is 9.21 Å². The van der Waals surface area contributed by atoms with E-state index < -0.39 is 0 Å². The quantitative estimate of drug-likeness (QED) is 0.399. The van der Waals surface area contributed by atoms with Crippen LogP contribution < -0.4 is 5.32 Å². The zero-order chi connectivity index (χ0) is 22.8. The summed E-state index contributed by atoms with van der Waals surface area (Å²) in [5.41, 5.74) is 4.79. The number of H-pyrrole nitrogens is 1. The van der Waals surface area contributed by atoms with Crippen LogP contribution in [0.3, 0.4) is 0 Å². The summed E-state index contributed by atoms with van der Waals surface area (Å²) in [5, 5.41) is 18.1. The number of aromatic amines is 1. The first kappa shape index (κ1) is 20.3. The van der Waals surface area contributed by atoms with Gasteiger partial charge in [-0.15, -0.1) is 10.2 Å². The number of benzene rings is 3. The van der Waals surface area contributed by atoms with Crippen molar-refractivity contribution in [3.63, 3.8) is 0 Å². The molecule has 8 heteroatoms. The van der Waals surface area contributed by atoms with E-state index in [1.54, 1.807) is 24.3 Å². The monoisotopic (exact) mass is 436 g/mol. The van der Waals surface area contributed by atoms with E-state index in [0.717, 1.165) is 28.1 Å². The number of hydrogen-bond donors (Lipinski definition) is 2. The van der Waals surface area contributed by atoms with E-state index in [-0.39, 0.29) is 5.91 Å². The first-order valence-electron chi connectivity index (χ1n) is 10.4. The Kier molecular flexibility index (Phi) is 5.24. The molecule has 2 aromatic heterocycles. The summed E-state index contributed by atoms with van der Waals surface area (Å²) in [6.45, 7) is 3.86. The van der Waals surface area contributed by atoms with Gasteiger partial charge in [0.15, 0.2) is 5.82 Å². The van der Waals surface area contributed by atoms with Crippen LogP contribution in [0.4, 0.5) is 5.69 Å². The van der Waals surface area contributed by atoms with E-state index in [0.29, 0.717) is 28.9 Å². The van der Waals surface area contributed by atoms with Crippen molar-refractivity contribution in [1.82, 2.24) is 25.4 Å². The number of nitrogens with one attached hydrogen (secondary N) is 2. The summed E-state index contributed by atoms with van der Waals surface area (Å²) in [7, 11) is 0. The van der Waals surface area contributed by atoms with Gasteiger partial charge in [0.2, 0.25) is 11.8 Å². The van der Waals surface area contributed by atoms with Crippen LogP contribution in [0.25, 0.3) is 34.3 Å². The van der Waals surface area contributed by atoms with Gasteiger partial charge in [-0.05, 0) is 74.5 Å². The van der Waals surface area contributed by atoms with Crippen LogP contribution in [0.1, 0.15) is 21.7 Å². The summed E-state index contributed by atoms with van der Waals surface area (Å²) in [6.07, 6.45) is 0. The van der Waals surface area contributed by atoms with E-state index in [1.165, 1.54) is 0 Å². The number of aryl methyl sites for hydroxylation is 2. The Morgan fingerprint density at radius 1 is 0.848 bits per heavy atom. The maximum Gasteiger partial charge on any atom is 0.255 e. The average molecular weight is 436 g/mol. The molecule has 5 aromatic rings. The predicted octanol–water partition coefficient (Wildman–Crippen LogP) is 5.06. The molecular weight excluding hydrogens is 416 g/mol. The first-order valence-corrected chi connectivity index (χ1v) is 10.4. The molecule has 0 radical (unpaired) electrons. The fourth-order valence-electron chi connectivity index (χ4n) is 3.38. The highest BCUT2D eigenvalue weighted by atomic mass is 16.4. The molecule has 0 spiro atoms. The highest BCUT2D eigenvalue weighted by Gasteiger charge is 2.12. The van der Waals surface area contributed by atoms with Gasteiger partial charge in [0.1, 0.15) is 5.82 Å². The molecule has 33 heavy (non-hydrogen) atoms. The van der Waals surface area contributed by atoms with E-state index >= 15 is 0 Å². The van der Waals surface area contributed by atoms with E-state index in [1.807, 2.05) is 62.4 Å². The van der Waals surface area contributed by atoms with Crippen LogP contribution in [0.5, 0.6) is 0 Å². The minimum atomic E-state index is -0.214. The predicted molar refractivity (Wildman–Crippen MR) is 124 cm³/mol. The fourth-order valence-corrected chi connectivity index (χ4v) is 3.38. The summed E-state index contributed by atoms with van der Waals surface area (Å²) in [4.78, 5) is 17.0. The summed E-state index contributed by atoms with van der Waals surface area (Å²) in [5.74, 6) is 2.01. The normalized spacial score (nSPS) is 10.8. The molecule has 162 valence electrons. The fraction of sp³-hybridized carbons (Fsp3) is 0.0800. The van der Waals surface area contributed by atoms with E-state index in [4.69, 9.17) is 4.42 Å². The van der Waals surface area contributed by atoms with Crippen molar-refractivity contribution in [2.45, 2.75) is 13.8 Å². The van der Waals surface area contributed by atoms with Gasteiger partial charge in [-0.2, -0.15) is 5.10 Å². The van der Waals surface area contributed by atoms with Crippen molar-refractivity contribution in [3.05, 3.63) is 89.7 Å². The third-order valence-corrected chi connectivity index (χ3v) is 5.08. The molecule has 3 aromatic carbocycles. The van der Waals surface area contributed by atoms with E-state index in [2.05, 4.69) is 30.7 Å². The largest absolute Gasteiger partial charge is 0.416 e. The molecule has 1 amide bonds. The number of rotatable bonds is 5. The van der Waals surface area contributed by atoms with Crippen molar-refractivity contribution in [2.75, 3.05) is 5.32 Å². The van der Waals surface area contributed by atoms with Crippen LogP contribution in [-0.2, 0) is 0 Å². The number of hydrogen-bond acceptors (Lipinski definition) is 6. The lowest BCUT2D eigenvalue weighted by Crippen LogP contribution is -2.11. The minimum absolute atomic E-state index is 0.214. The van der Waals surface area contributed by atoms with Gasteiger partial charge in [0.05, 0.1) is 0 Å². The molecule has 0 aliphatic rings. The Morgan fingerprint density at radius 2 is 1.55 bits per heavy atom. The lowest BCUT2D eigenvalue weighted by atomic mass is 10.1. The second kappa shape index (κ2) is 8.51. The second-order valence-electron chi connectivity index (χ2n) is 7.64. The van der Waals surface area contributed by atoms with Gasteiger partial charge >= 0.3 is 0 Å². The maximum atomic E-state index is 12.6. The minimum Gasteiger partial charge on any atom is -0.416 e. The molecule has 0 aliphatic carbocycles. The molecule has 5 rings (SSSR count). The SMILES string of the molecule is Cc1cccc(-c2nnc(-c3ccc(C(=O)Nc4ccc(-c5n[nH]c(C)n5)cc4)cc3)o2)c1. The first-order chi connectivity index (χ1) is 16.0. The second-order valence-corrected chi connectivity index (χ2v) is 7.64. The summed E-state index contributed by atoms with van der Waals surface area (Å²) in [6, 6.07) is 22.3. The maximum absolute atomic E-state index is 12.6. The molecule has 0 saturated heterocycles. The van der Waals surface area contributed by atoms with Gasteiger partial charge in [0, 0.05) is 27.9 Å². The average Bonchev–Trinajstić information content (AvgIpc) is 3.49. The van der Waals surface area contributed by atoms with Crippen LogP contribution >= 0.6 is 0 Å². The van der Waals surface area contributed by atoms with Crippen molar-refractivity contribution in [3.8, 4) is 34.3 Å². The molecule has 2 N–H and O–H groups in total. The number of amides is 1. The molecule has 0 fully saturated rings. The Hall–Kier alpha value is -4.59.